The number of anilines is 1. The largest absolute Gasteiger partial charge is 0.474 e. The minimum atomic E-state index is -4.53. The number of ether oxygens (including phenoxy) is 3. The van der Waals surface area contributed by atoms with Crippen LogP contribution in [0.3, 0.4) is 0 Å². The minimum Gasteiger partial charge on any atom is -0.474 e. The summed E-state index contributed by atoms with van der Waals surface area (Å²) in [4.78, 5) is 20.0. The Bertz CT molecular complexity index is 790. The topological polar surface area (TPSA) is 82.6 Å². The Morgan fingerprint density at radius 2 is 2.00 bits per heavy atom. The predicted octanol–water partition coefficient (Wildman–Crippen LogP) is 3.35. The van der Waals surface area contributed by atoms with E-state index in [1.54, 1.807) is 12.1 Å². The van der Waals surface area contributed by atoms with Crippen LogP contribution in [0.25, 0.3) is 0 Å². The van der Waals surface area contributed by atoms with Crippen molar-refractivity contribution in [1.82, 2.24) is 9.97 Å². The van der Waals surface area contributed by atoms with Crippen molar-refractivity contribution in [2.24, 2.45) is 0 Å². The molecule has 0 atom stereocenters. The average molecular weight is 406 g/mol. The lowest BCUT2D eigenvalue weighted by atomic mass is 10.2. The van der Waals surface area contributed by atoms with Gasteiger partial charge < -0.3 is 19.5 Å². The van der Waals surface area contributed by atoms with Gasteiger partial charge in [0.15, 0.2) is 6.61 Å². The Kier molecular flexibility index (Phi) is 7.19. The van der Waals surface area contributed by atoms with E-state index >= 15 is 0 Å². The molecule has 11 heteroatoms. The number of carbonyl (C=O) groups is 1. The zero-order valence-corrected chi connectivity index (χ0v) is 14.8. The number of pyridine rings is 2. The molecule has 0 radical (unpaired) electrons. The fourth-order valence-corrected chi connectivity index (χ4v) is 2.04. The van der Waals surface area contributed by atoms with Crippen LogP contribution in [0.2, 0.25) is 5.02 Å². The van der Waals surface area contributed by atoms with Crippen molar-refractivity contribution in [2.45, 2.75) is 6.18 Å². The van der Waals surface area contributed by atoms with E-state index in [-0.39, 0.29) is 23.1 Å². The van der Waals surface area contributed by atoms with Crippen molar-refractivity contribution in [3.05, 3.63) is 41.2 Å². The Morgan fingerprint density at radius 3 is 2.67 bits per heavy atom. The molecule has 0 spiro atoms. The number of hydrogen-bond acceptors (Lipinski definition) is 6. The van der Waals surface area contributed by atoms with Gasteiger partial charge in [-0.3, -0.25) is 4.79 Å². The van der Waals surface area contributed by atoms with Gasteiger partial charge in [0, 0.05) is 19.5 Å². The minimum absolute atomic E-state index is 0.0195. The molecule has 2 heterocycles. The molecule has 2 aromatic heterocycles. The average Bonchev–Trinajstić information content (AvgIpc) is 2.61. The number of methoxy groups -OCH3 is 1. The van der Waals surface area contributed by atoms with Crippen LogP contribution in [-0.4, -0.2) is 49.0 Å². The number of aromatic nitrogens is 2. The molecule has 0 saturated heterocycles. The van der Waals surface area contributed by atoms with Crippen LogP contribution in [0.1, 0.15) is 10.4 Å². The lowest BCUT2D eigenvalue weighted by molar-refractivity contribution is -0.154. The summed E-state index contributed by atoms with van der Waals surface area (Å²) >= 11 is 5.84. The number of carbonyl (C=O) groups excluding carboxylic acids is 1. The van der Waals surface area contributed by atoms with Crippen LogP contribution in [0.4, 0.5) is 18.9 Å². The van der Waals surface area contributed by atoms with Gasteiger partial charge in [-0.1, -0.05) is 11.6 Å². The molecule has 146 valence electrons. The first-order chi connectivity index (χ1) is 12.8. The van der Waals surface area contributed by atoms with Crippen LogP contribution in [0.15, 0.2) is 30.6 Å². The monoisotopic (exact) mass is 405 g/mol. The van der Waals surface area contributed by atoms with Crippen molar-refractivity contribution >= 4 is 23.2 Å². The number of nitrogens with zero attached hydrogens (tertiary/aromatic N) is 2. The highest BCUT2D eigenvalue weighted by Gasteiger charge is 2.29. The molecule has 0 saturated carbocycles. The lowest BCUT2D eigenvalue weighted by Crippen LogP contribution is -2.20. The maximum atomic E-state index is 12.3. The molecular formula is C16H15ClF3N3O4. The first kappa shape index (κ1) is 20.7. The molecular weight excluding hydrogens is 391 g/mol. The third-order valence-corrected chi connectivity index (χ3v) is 3.26. The summed E-state index contributed by atoms with van der Waals surface area (Å²) in [6, 6.07) is 4.32. The smallest absolute Gasteiger partial charge is 0.422 e. The van der Waals surface area contributed by atoms with Crippen molar-refractivity contribution < 1.29 is 32.2 Å². The Hall–Kier alpha value is -2.59. The van der Waals surface area contributed by atoms with Gasteiger partial charge in [-0.05, 0) is 18.2 Å². The molecule has 0 aliphatic rings. The van der Waals surface area contributed by atoms with E-state index in [1.165, 1.54) is 13.3 Å². The second kappa shape index (κ2) is 9.38. The number of halogens is 4. The maximum Gasteiger partial charge on any atom is 0.422 e. The molecule has 7 nitrogen and oxygen atoms in total. The number of hydrogen-bond donors (Lipinski definition) is 1. The molecule has 0 aliphatic heterocycles. The van der Waals surface area contributed by atoms with Crippen molar-refractivity contribution in [1.29, 1.82) is 0 Å². The zero-order valence-electron chi connectivity index (χ0n) is 14.0. The third kappa shape index (κ3) is 6.57. The molecule has 0 unspecified atom stereocenters. The molecule has 0 aliphatic carbocycles. The summed E-state index contributed by atoms with van der Waals surface area (Å²) in [5.74, 6) is -0.834. The SMILES string of the molecule is COCCOc1ncccc1NC(=O)c1cnc(OCC(F)(F)F)c(Cl)c1. The van der Waals surface area contributed by atoms with Crippen LogP contribution >= 0.6 is 11.6 Å². The van der Waals surface area contributed by atoms with Crippen LogP contribution in [0, 0.1) is 0 Å². The quantitative estimate of drug-likeness (QED) is 0.678. The summed E-state index contributed by atoms with van der Waals surface area (Å²) in [6.07, 6.45) is -1.99. The number of amides is 1. The van der Waals surface area contributed by atoms with E-state index in [4.69, 9.17) is 21.1 Å². The van der Waals surface area contributed by atoms with Gasteiger partial charge in [0.25, 0.3) is 5.91 Å². The Labute approximate surface area is 157 Å². The van der Waals surface area contributed by atoms with Crippen LogP contribution in [0.5, 0.6) is 11.8 Å². The van der Waals surface area contributed by atoms with E-state index in [1.807, 2.05) is 0 Å². The molecule has 1 amide bonds. The molecule has 27 heavy (non-hydrogen) atoms. The summed E-state index contributed by atoms with van der Waals surface area (Å²) in [6.45, 7) is -0.971. The van der Waals surface area contributed by atoms with Gasteiger partial charge in [-0.25, -0.2) is 9.97 Å². The standard InChI is InChI=1S/C16H15ClF3N3O4/c1-25-5-6-26-15-12(3-2-4-21-15)23-13(24)10-7-11(17)14(22-8-10)27-9-16(18,19)20/h2-4,7-8H,5-6,9H2,1H3,(H,23,24). The van der Waals surface area contributed by atoms with Gasteiger partial charge >= 0.3 is 6.18 Å². The first-order valence-electron chi connectivity index (χ1n) is 7.53. The van der Waals surface area contributed by atoms with E-state index < -0.39 is 24.6 Å². The zero-order chi connectivity index (χ0) is 19.9. The Morgan fingerprint density at radius 1 is 1.22 bits per heavy atom. The second-order valence-corrected chi connectivity index (χ2v) is 5.47. The maximum absolute atomic E-state index is 12.3. The van der Waals surface area contributed by atoms with E-state index in [9.17, 15) is 18.0 Å². The van der Waals surface area contributed by atoms with Gasteiger partial charge in [0.1, 0.15) is 17.3 Å². The normalized spacial score (nSPS) is 11.1. The van der Waals surface area contributed by atoms with Gasteiger partial charge in [0.2, 0.25) is 11.8 Å². The fraction of sp³-hybridized carbons (Fsp3) is 0.312. The van der Waals surface area contributed by atoms with Crippen LogP contribution in [-0.2, 0) is 4.74 Å². The predicted molar refractivity (Wildman–Crippen MR) is 90.4 cm³/mol. The third-order valence-electron chi connectivity index (χ3n) is 2.99. The molecule has 1 N–H and O–H groups in total. The molecule has 2 aromatic rings. The molecule has 0 fully saturated rings. The van der Waals surface area contributed by atoms with Crippen molar-refractivity contribution in [2.75, 3.05) is 32.2 Å². The molecule has 0 aromatic carbocycles. The van der Waals surface area contributed by atoms with Crippen molar-refractivity contribution in [3.8, 4) is 11.8 Å². The highest BCUT2D eigenvalue weighted by molar-refractivity contribution is 6.32. The van der Waals surface area contributed by atoms with E-state index in [0.29, 0.717) is 12.3 Å². The molecule has 2 rings (SSSR count). The van der Waals surface area contributed by atoms with Gasteiger partial charge in [0.05, 0.1) is 12.2 Å². The highest BCUT2D eigenvalue weighted by Crippen LogP contribution is 2.26. The summed E-state index contributed by atoms with van der Waals surface area (Å²) in [7, 11) is 1.52. The number of alkyl halides is 3. The van der Waals surface area contributed by atoms with Crippen LogP contribution < -0.4 is 14.8 Å². The number of nitrogens with one attached hydrogen (secondary N) is 1. The second-order valence-electron chi connectivity index (χ2n) is 5.07. The van der Waals surface area contributed by atoms with Gasteiger partial charge in [-0.2, -0.15) is 13.2 Å². The van der Waals surface area contributed by atoms with E-state index in [2.05, 4.69) is 20.0 Å². The van der Waals surface area contributed by atoms with Crippen molar-refractivity contribution in [3.63, 3.8) is 0 Å². The summed E-state index contributed by atoms with van der Waals surface area (Å²) in [5, 5.41) is 2.34. The lowest BCUT2D eigenvalue weighted by Gasteiger charge is -2.12. The number of rotatable bonds is 8. The highest BCUT2D eigenvalue weighted by atomic mass is 35.5. The molecule has 0 bridgehead atoms. The summed E-state index contributed by atoms with van der Waals surface area (Å²) in [5.41, 5.74) is 0.318. The van der Waals surface area contributed by atoms with E-state index in [0.717, 1.165) is 12.3 Å². The fourth-order valence-electron chi connectivity index (χ4n) is 1.82. The first-order valence-corrected chi connectivity index (χ1v) is 7.91. The Balaban J connectivity index is 2.07. The summed E-state index contributed by atoms with van der Waals surface area (Å²) < 4.78 is 51.3. The van der Waals surface area contributed by atoms with Gasteiger partial charge in [-0.15, -0.1) is 0 Å².